The molecule has 2 rings (SSSR count). The number of allylic oxidation sites excluding steroid dienone is 6. The van der Waals surface area contributed by atoms with Crippen molar-refractivity contribution in [2.45, 2.75) is 12.8 Å². The summed E-state index contributed by atoms with van der Waals surface area (Å²) in [5, 5.41) is 0. The Morgan fingerprint density at radius 2 is 2.00 bits per heavy atom. The summed E-state index contributed by atoms with van der Waals surface area (Å²) < 4.78 is 0. The number of hydrogen-bond acceptors (Lipinski definition) is 1. The lowest BCUT2D eigenvalue weighted by Crippen LogP contribution is -1.99. The average Bonchev–Trinajstić information content (AvgIpc) is 2.38. The summed E-state index contributed by atoms with van der Waals surface area (Å²) in [5.74, 6) is 0.199. The van der Waals surface area contributed by atoms with Gasteiger partial charge in [0.05, 0.1) is 11.6 Å². The Balaban J connectivity index is 1.92. The van der Waals surface area contributed by atoms with Gasteiger partial charge in [-0.05, 0) is 0 Å². The lowest BCUT2D eigenvalue weighted by Gasteiger charge is -1.99. The summed E-state index contributed by atoms with van der Waals surface area (Å²) in [7, 11) is 0. The van der Waals surface area contributed by atoms with Crippen LogP contribution in [0.5, 0.6) is 0 Å². The number of rotatable bonds is 4. The number of carbonyl (C=O) groups is 1. The normalized spacial score (nSPS) is 13.1. The van der Waals surface area contributed by atoms with Gasteiger partial charge in [-0.25, -0.2) is 0 Å². The van der Waals surface area contributed by atoms with Gasteiger partial charge in [0.2, 0.25) is 0 Å². The molecule has 0 fully saturated rings. The zero-order valence-corrected chi connectivity index (χ0v) is 9.02. The number of ketones is 1. The minimum atomic E-state index is 0.199. The Morgan fingerprint density at radius 3 is 2.69 bits per heavy atom. The van der Waals surface area contributed by atoms with E-state index in [4.69, 9.17) is 0 Å². The van der Waals surface area contributed by atoms with Crippen LogP contribution in [0.1, 0.15) is 23.2 Å². The predicted octanol–water partition coefficient (Wildman–Crippen LogP) is 3.51. The van der Waals surface area contributed by atoms with Crippen LogP contribution in [-0.2, 0) is 0 Å². The van der Waals surface area contributed by atoms with Crippen LogP contribution in [0.2, 0.25) is 0 Å². The molecule has 0 bridgehead atoms. The maximum atomic E-state index is 11.8. The van der Waals surface area contributed by atoms with Gasteiger partial charge in [0.1, 0.15) is 12.2 Å². The molecule has 0 N–H and O–H groups in total. The molecule has 16 heavy (non-hydrogen) atoms. The highest BCUT2D eigenvalue weighted by molar-refractivity contribution is 5.96. The molecule has 0 amide bonds. The van der Waals surface area contributed by atoms with Crippen molar-refractivity contribution < 1.29 is 4.79 Å². The Hall–Kier alpha value is -1.98. The third-order valence-electron chi connectivity index (χ3n) is 2.51. The van der Waals surface area contributed by atoms with E-state index in [1.807, 2.05) is 54.6 Å². The van der Waals surface area contributed by atoms with Gasteiger partial charge in [0, 0.05) is 30.6 Å². The fourth-order valence-electron chi connectivity index (χ4n) is 1.61. The minimum absolute atomic E-state index is 0.199. The van der Waals surface area contributed by atoms with Crippen LogP contribution in [0, 0.1) is 6.08 Å². The molecule has 0 atom stereocenters. The second-order valence-electron chi connectivity index (χ2n) is 3.70. The molecule has 1 aromatic carbocycles. The highest BCUT2D eigenvalue weighted by atomic mass is 16.1. The molecule has 0 heterocycles. The van der Waals surface area contributed by atoms with E-state index in [1.165, 1.54) is 0 Å². The average molecular weight is 209 g/mol. The molecule has 1 aliphatic rings. The van der Waals surface area contributed by atoms with E-state index < -0.39 is 0 Å². The van der Waals surface area contributed by atoms with Crippen molar-refractivity contribution in [3.8, 4) is 0 Å². The largest absolute Gasteiger partial charge is 0.294 e. The van der Waals surface area contributed by atoms with Crippen molar-refractivity contribution in [1.29, 1.82) is 0 Å². The van der Waals surface area contributed by atoms with E-state index in [9.17, 15) is 4.79 Å². The smallest absolute Gasteiger partial charge is 0.164 e. The quantitative estimate of drug-likeness (QED) is 0.548. The van der Waals surface area contributed by atoms with Gasteiger partial charge < -0.3 is 0 Å². The SMILES string of the molecule is O=C(CCC1=CC=C[C+]=C1)c1ccccc1. The van der Waals surface area contributed by atoms with Crippen molar-refractivity contribution in [1.82, 2.24) is 0 Å². The first-order valence-corrected chi connectivity index (χ1v) is 5.39. The molecule has 0 saturated carbocycles. The summed E-state index contributed by atoms with van der Waals surface area (Å²) in [6.07, 6.45) is 12.1. The molecule has 1 nitrogen and oxygen atoms in total. The topological polar surface area (TPSA) is 17.1 Å². The van der Waals surface area contributed by atoms with Crippen LogP contribution in [0.25, 0.3) is 0 Å². The Kier molecular flexibility index (Phi) is 3.42. The van der Waals surface area contributed by atoms with E-state index in [2.05, 4.69) is 6.08 Å². The molecule has 1 aliphatic carbocycles. The predicted molar refractivity (Wildman–Crippen MR) is 65.0 cm³/mol. The van der Waals surface area contributed by atoms with Gasteiger partial charge in [-0.1, -0.05) is 30.3 Å². The van der Waals surface area contributed by atoms with Crippen molar-refractivity contribution in [3.05, 3.63) is 71.8 Å². The zero-order valence-electron chi connectivity index (χ0n) is 9.02. The van der Waals surface area contributed by atoms with Crippen molar-refractivity contribution in [2.24, 2.45) is 0 Å². The highest BCUT2D eigenvalue weighted by Crippen LogP contribution is 2.13. The third-order valence-corrected chi connectivity index (χ3v) is 2.51. The lowest BCUT2D eigenvalue weighted by molar-refractivity contribution is 0.0983. The maximum Gasteiger partial charge on any atom is 0.164 e. The first-order valence-electron chi connectivity index (χ1n) is 5.39. The molecular formula is C15H13O+. The Labute approximate surface area is 95.8 Å². The van der Waals surface area contributed by atoms with Crippen LogP contribution < -0.4 is 0 Å². The number of carbonyl (C=O) groups excluding carboxylic acids is 1. The van der Waals surface area contributed by atoms with Gasteiger partial charge in [-0.15, -0.1) is 0 Å². The Bertz CT molecular complexity index is 450. The minimum Gasteiger partial charge on any atom is -0.294 e. The van der Waals surface area contributed by atoms with E-state index in [1.54, 1.807) is 0 Å². The standard InChI is InChI=1S/C15H13O/c16-15(14-9-5-2-6-10-14)12-11-13-7-3-1-4-8-13/h1-3,5-10H,11-12H2/q+1. The summed E-state index contributed by atoms with van der Waals surface area (Å²) in [6, 6.07) is 9.43. The van der Waals surface area contributed by atoms with Crippen LogP contribution >= 0.6 is 0 Å². The van der Waals surface area contributed by atoms with Crippen molar-refractivity contribution in [2.75, 3.05) is 0 Å². The molecule has 0 saturated heterocycles. The van der Waals surface area contributed by atoms with Crippen molar-refractivity contribution in [3.63, 3.8) is 0 Å². The molecule has 0 unspecified atom stereocenters. The maximum absolute atomic E-state index is 11.8. The fourth-order valence-corrected chi connectivity index (χ4v) is 1.61. The van der Waals surface area contributed by atoms with E-state index in [0.29, 0.717) is 6.42 Å². The first kappa shape index (κ1) is 10.5. The highest BCUT2D eigenvalue weighted by Gasteiger charge is 2.09. The fraction of sp³-hybridized carbons (Fsp3) is 0.133. The molecule has 0 spiro atoms. The van der Waals surface area contributed by atoms with Crippen LogP contribution in [-0.4, -0.2) is 5.78 Å². The molecule has 1 heteroatoms. The van der Waals surface area contributed by atoms with E-state index in [0.717, 1.165) is 17.6 Å². The summed E-state index contributed by atoms with van der Waals surface area (Å²) >= 11 is 0. The van der Waals surface area contributed by atoms with E-state index in [-0.39, 0.29) is 5.78 Å². The monoisotopic (exact) mass is 209 g/mol. The second kappa shape index (κ2) is 5.20. The molecule has 0 aliphatic heterocycles. The van der Waals surface area contributed by atoms with Crippen molar-refractivity contribution >= 4 is 5.78 Å². The lowest BCUT2D eigenvalue weighted by atomic mass is 10.0. The van der Waals surface area contributed by atoms with Gasteiger partial charge >= 0.3 is 0 Å². The van der Waals surface area contributed by atoms with Crippen LogP contribution in [0.15, 0.2) is 60.2 Å². The molecule has 0 radical (unpaired) electrons. The zero-order chi connectivity index (χ0) is 11.2. The van der Waals surface area contributed by atoms with Gasteiger partial charge in [0.25, 0.3) is 0 Å². The van der Waals surface area contributed by atoms with E-state index >= 15 is 0 Å². The molecular weight excluding hydrogens is 196 g/mol. The summed E-state index contributed by atoms with van der Waals surface area (Å²) in [4.78, 5) is 11.8. The third kappa shape index (κ3) is 2.75. The second-order valence-corrected chi connectivity index (χ2v) is 3.70. The number of hydrogen-bond donors (Lipinski definition) is 0. The van der Waals surface area contributed by atoms with Crippen LogP contribution in [0.4, 0.5) is 0 Å². The first-order chi connectivity index (χ1) is 7.86. The number of benzene rings is 1. The summed E-state index contributed by atoms with van der Waals surface area (Å²) in [5.41, 5.74) is 1.95. The van der Waals surface area contributed by atoms with Gasteiger partial charge in [-0.2, -0.15) is 0 Å². The molecule has 0 aromatic heterocycles. The molecule has 1 aromatic rings. The molecule has 78 valence electrons. The van der Waals surface area contributed by atoms with Gasteiger partial charge in [-0.3, -0.25) is 4.79 Å². The Morgan fingerprint density at radius 1 is 1.19 bits per heavy atom. The summed E-state index contributed by atoms with van der Waals surface area (Å²) in [6.45, 7) is 0. The number of Topliss-reactive ketones (excluding diaryl/α,β-unsaturated/α-hetero) is 1. The van der Waals surface area contributed by atoms with Crippen LogP contribution in [0.3, 0.4) is 0 Å². The van der Waals surface area contributed by atoms with Gasteiger partial charge in [0.15, 0.2) is 5.78 Å².